The zero-order valence-corrected chi connectivity index (χ0v) is 11.1. The van der Waals surface area contributed by atoms with Crippen LogP contribution in [0, 0.1) is 0 Å². The first-order valence-electron chi connectivity index (χ1n) is 5.82. The molecule has 2 rings (SSSR count). The summed E-state index contributed by atoms with van der Waals surface area (Å²) in [6, 6.07) is 0. The Morgan fingerprint density at radius 2 is 2.25 bits per heavy atom. The van der Waals surface area contributed by atoms with E-state index >= 15 is 0 Å². The molecular weight excluding hydrogens is 220 g/mol. The molecule has 0 fully saturated rings. The van der Waals surface area contributed by atoms with Gasteiger partial charge in [0.25, 0.3) is 0 Å². The van der Waals surface area contributed by atoms with Crippen LogP contribution in [0.1, 0.15) is 35.8 Å². The lowest BCUT2D eigenvalue weighted by molar-refractivity contribution is 0.127. The van der Waals surface area contributed by atoms with Crippen LogP contribution >= 0.6 is 11.3 Å². The number of methoxy groups -OCH3 is 1. The first kappa shape index (κ1) is 12.0. The third kappa shape index (κ3) is 2.81. The van der Waals surface area contributed by atoms with Crippen LogP contribution in [-0.4, -0.2) is 24.2 Å². The van der Waals surface area contributed by atoms with E-state index in [2.05, 4.69) is 24.1 Å². The second-order valence-corrected chi connectivity index (χ2v) is 6.17. The number of rotatable bonds is 5. The molecule has 16 heavy (non-hydrogen) atoms. The summed E-state index contributed by atoms with van der Waals surface area (Å²) in [5, 5.41) is 4.70. The van der Waals surface area contributed by atoms with Gasteiger partial charge in [-0.15, -0.1) is 11.3 Å². The van der Waals surface area contributed by atoms with Crippen molar-refractivity contribution < 1.29 is 4.74 Å². The number of hydrogen-bond donors (Lipinski definition) is 1. The molecule has 0 aromatic carbocycles. The van der Waals surface area contributed by atoms with Gasteiger partial charge in [-0.05, 0) is 33.1 Å². The minimum absolute atomic E-state index is 0.0187. The second-order valence-electron chi connectivity index (χ2n) is 5.00. The number of nitrogens with one attached hydrogen (secondary N) is 1. The Bertz CT molecular complexity index is 338. The molecule has 1 aliphatic carbocycles. The fraction of sp³-hybridized carbons (Fsp3) is 0.750. The van der Waals surface area contributed by atoms with E-state index in [0.717, 1.165) is 13.2 Å². The van der Waals surface area contributed by atoms with Gasteiger partial charge in [0.05, 0.1) is 12.3 Å². The van der Waals surface area contributed by atoms with Gasteiger partial charge in [0.2, 0.25) is 0 Å². The molecule has 4 heteroatoms. The van der Waals surface area contributed by atoms with Crippen LogP contribution in [0.5, 0.6) is 0 Å². The molecule has 0 spiro atoms. The topological polar surface area (TPSA) is 34.1 Å². The SMILES string of the molecule is COCC(C)(C)NCc1nc2c(s1)CCC2. The Kier molecular flexibility index (Phi) is 3.62. The van der Waals surface area contributed by atoms with Gasteiger partial charge < -0.3 is 10.1 Å². The highest BCUT2D eigenvalue weighted by Gasteiger charge is 2.20. The molecular formula is C12H20N2OS. The van der Waals surface area contributed by atoms with Gasteiger partial charge in [0.15, 0.2) is 0 Å². The van der Waals surface area contributed by atoms with E-state index in [-0.39, 0.29) is 5.54 Å². The zero-order chi connectivity index (χ0) is 11.6. The average Bonchev–Trinajstić information content (AvgIpc) is 2.73. The van der Waals surface area contributed by atoms with E-state index in [1.165, 1.54) is 34.8 Å². The lowest BCUT2D eigenvalue weighted by atomic mass is 10.1. The monoisotopic (exact) mass is 240 g/mol. The van der Waals surface area contributed by atoms with E-state index in [1.807, 2.05) is 11.3 Å². The maximum absolute atomic E-state index is 5.18. The Morgan fingerprint density at radius 1 is 1.44 bits per heavy atom. The summed E-state index contributed by atoms with van der Waals surface area (Å²) >= 11 is 1.87. The first-order chi connectivity index (χ1) is 7.61. The molecule has 0 bridgehead atoms. The van der Waals surface area contributed by atoms with Crippen LogP contribution in [0.3, 0.4) is 0 Å². The summed E-state index contributed by atoms with van der Waals surface area (Å²) in [6.07, 6.45) is 3.69. The number of ether oxygens (including phenoxy) is 1. The van der Waals surface area contributed by atoms with E-state index < -0.39 is 0 Å². The molecule has 1 heterocycles. The van der Waals surface area contributed by atoms with Crippen molar-refractivity contribution in [1.82, 2.24) is 10.3 Å². The Morgan fingerprint density at radius 3 is 2.94 bits per heavy atom. The van der Waals surface area contributed by atoms with E-state index in [4.69, 9.17) is 4.74 Å². The predicted octanol–water partition coefficient (Wildman–Crippen LogP) is 2.15. The van der Waals surface area contributed by atoms with E-state index in [0.29, 0.717) is 0 Å². The van der Waals surface area contributed by atoms with Crippen molar-refractivity contribution in [1.29, 1.82) is 0 Å². The Hall–Kier alpha value is -0.450. The maximum Gasteiger partial charge on any atom is 0.107 e. The molecule has 0 amide bonds. The molecule has 0 saturated heterocycles. The number of fused-ring (bicyclic) bond motifs is 1. The molecule has 1 aliphatic rings. The standard InChI is InChI=1S/C12H20N2OS/c1-12(2,8-15-3)13-7-11-14-9-5-4-6-10(9)16-11/h13H,4-8H2,1-3H3. The molecule has 3 nitrogen and oxygen atoms in total. The van der Waals surface area contributed by atoms with Crippen LogP contribution < -0.4 is 5.32 Å². The predicted molar refractivity (Wildman–Crippen MR) is 66.9 cm³/mol. The highest BCUT2D eigenvalue weighted by Crippen LogP contribution is 2.27. The number of nitrogens with zero attached hydrogens (tertiary/aromatic N) is 1. The van der Waals surface area contributed by atoms with Crippen LogP contribution in [0.4, 0.5) is 0 Å². The van der Waals surface area contributed by atoms with Crippen LogP contribution in [-0.2, 0) is 24.1 Å². The lowest BCUT2D eigenvalue weighted by Gasteiger charge is -2.24. The number of hydrogen-bond acceptors (Lipinski definition) is 4. The Labute approximate surface area is 101 Å². The molecule has 0 radical (unpaired) electrons. The summed E-state index contributed by atoms with van der Waals surface area (Å²) in [7, 11) is 1.74. The first-order valence-corrected chi connectivity index (χ1v) is 6.64. The van der Waals surface area contributed by atoms with Crippen LogP contribution in [0.2, 0.25) is 0 Å². The van der Waals surface area contributed by atoms with Crippen molar-refractivity contribution in [2.75, 3.05) is 13.7 Å². The van der Waals surface area contributed by atoms with Crippen molar-refractivity contribution in [3.8, 4) is 0 Å². The highest BCUT2D eigenvalue weighted by atomic mass is 32.1. The summed E-state index contributed by atoms with van der Waals surface area (Å²) in [6.45, 7) is 5.88. The minimum Gasteiger partial charge on any atom is -0.383 e. The lowest BCUT2D eigenvalue weighted by Crippen LogP contribution is -2.42. The largest absolute Gasteiger partial charge is 0.383 e. The molecule has 0 unspecified atom stereocenters. The summed E-state index contributed by atoms with van der Waals surface area (Å²) < 4.78 is 5.18. The van der Waals surface area contributed by atoms with Gasteiger partial charge in [-0.3, -0.25) is 0 Å². The smallest absolute Gasteiger partial charge is 0.107 e. The van der Waals surface area contributed by atoms with Crippen LogP contribution in [0.25, 0.3) is 0 Å². The third-order valence-corrected chi connectivity index (χ3v) is 4.02. The van der Waals surface area contributed by atoms with Crippen molar-refractivity contribution in [3.05, 3.63) is 15.6 Å². The number of thiazole rings is 1. The van der Waals surface area contributed by atoms with Gasteiger partial charge in [-0.25, -0.2) is 4.98 Å². The second kappa shape index (κ2) is 4.82. The van der Waals surface area contributed by atoms with Gasteiger partial charge in [-0.2, -0.15) is 0 Å². The minimum atomic E-state index is 0.0187. The quantitative estimate of drug-likeness (QED) is 0.856. The molecule has 1 N–H and O–H groups in total. The van der Waals surface area contributed by atoms with Crippen molar-refractivity contribution in [2.45, 2.75) is 45.2 Å². The molecule has 0 atom stereocenters. The molecule has 1 aromatic heterocycles. The molecule has 1 aromatic rings. The van der Waals surface area contributed by atoms with Gasteiger partial charge in [-0.1, -0.05) is 0 Å². The van der Waals surface area contributed by atoms with E-state index in [1.54, 1.807) is 7.11 Å². The normalized spacial score (nSPS) is 15.4. The molecule has 0 saturated carbocycles. The fourth-order valence-electron chi connectivity index (χ4n) is 2.05. The highest BCUT2D eigenvalue weighted by molar-refractivity contribution is 7.11. The summed E-state index contributed by atoms with van der Waals surface area (Å²) in [4.78, 5) is 6.17. The number of aromatic nitrogens is 1. The average molecular weight is 240 g/mol. The third-order valence-electron chi connectivity index (χ3n) is 2.86. The van der Waals surface area contributed by atoms with Crippen molar-refractivity contribution in [2.24, 2.45) is 0 Å². The van der Waals surface area contributed by atoms with E-state index in [9.17, 15) is 0 Å². The summed E-state index contributed by atoms with van der Waals surface area (Å²) in [5.74, 6) is 0. The number of aryl methyl sites for hydroxylation is 2. The molecule has 0 aliphatic heterocycles. The Balaban J connectivity index is 1.90. The summed E-state index contributed by atoms with van der Waals surface area (Å²) in [5.41, 5.74) is 1.36. The van der Waals surface area contributed by atoms with Crippen LogP contribution in [0.15, 0.2) is 0 Å². The van der Waals surface area contributed by atoms with Gasteiger partial charge in [0.1, 0.15) is 5.01 Å². The van der Waals surface area contributed by atoms with Gasteiger partial charge >= 0.3 is 0 Å². The van der Waals surface area contributed by atoms with Gasteiger partial charge in [0, 0.05) is 24.1 Å². The molecule has 90 valence electrons. The van der Waals surface area contributed by atoms with Crippen molar-refractivity contribution in [3.63, 3.8) is 0 Å². The fourth-order valence-corrected chi connectivity index (χ4v) is 3.14. The maximum atomic E-state index is 5.18. The zero-order valence-electron chi connectivity index (χ0n) is 10.3. The van der Waals surface area contributed by atoms with Crippen molar-refractivity contribution >= 4 is 11.3 Å².